The molecule has 0 aliphatic heterocycles. The highest BCUT2D eigenvalue weighted by Gasteiger charge is 2.29. The molecule has 3 rings (SSSR count). The van der Waals surface area contributed by atoms with Crippen LogP contribution in [0.25, 0.3) is 21.9 Å². The zero-order valence-electron chi connectivity index (χ0n) is 13.8. The topological polar surface area (TPSA) is 141 Å². The molecule has 8 nitrogen and oxygen atoms in total. The van der Waals surface area contributed by atoms with Gasteiger partial charge in [-0.1, -0.05) is 6.07 Å². The maximum absolute atomic E-state index is 12.9. The van der Waals surface area contributed by atoms with Crippen molar-refractivity contribution in [2.24, 2.45) is 0 Å². The number of fused-ring (bicyclic) bond motifs is 2. The summed E-state index contributed by atoms with van der Waals surface area (Å²) in [7, 11) is 1.30. The number of ether oxygens (including phenoxy) is 1. The number of aromatic hydroxyl groups is 2. The molecule has 0 spiro atoms. The van der Waals surface area contributed by atoms with E-state index in [9.17, 15) is 30.3 Å². The molecule has 138 valence electrons. The van der Waals surface area contributed by atoms with Gasteiger partial charge in [0.15, 0.2) is 0 Å². The maximum atomic E-state index is 12.9. The van der Waals surface area contributed by atoms with Gasteiger partial charge < -0.3 is 34.7 Å². The first-order chi connectivity index (χ1) is 12.4. The third kappa shape index (κ3) is 2.64. The number of benzene rings is 2. The fourth-order valence-corrected chi connectivity index (χ4v) is 3.08. The zero-order chi connectivity index (χ0) is 19.0. The van der Waals surface area contributed by atoms with Crippen LogP contribution in [0.5, 0.6) is 17.2 Å². The lowest BCUT2D eigenvalue weighted by molar-refractivity contribution is 0.0520. The van der Waals surface area contributed by atoms with Crippen LogP contribution in [-0.2, 0) is 0 Å². The van der Waals surface area contributed by atoms with E-state index in [1.807, 2.05) is 0 Å². The highest BCUT2D eigenvalue weighted by atomic mass is 16.5. The van der Waals surface area contributed by atoms with Crippen LogP contribution in [0.1, 0.15) is 11.5 Å². The van der Waals surface area contributed by atoms with E-state index in [2.05, 4.69) is 0 Å². The molecular weight excluding hydrogens is 344 g/mol. The highest BCUT2D eigenvalue weighted by Crippen LogP contribution is 2.40. The van der Waals surface area contributed by atoms with Gasteiger partial charge in [0, 0.05) is 17.5 Å². The molecule has 2 aromatic carbocycles. The summed E-state index contributed by atoms with van der Waals surface area (Å²) in [6.07, 6.45) is -1.40. The summed E-state index contributed by atoms with van der Waals surface area (Å²) in [5.74, 6) is -1.74. The van der Waals surface area contributed by atoms with E-state index in [0.717, 1.165) is 6.07 Å². The van der Waals surface area contributed by atoms with Gasteiger partial charge >= 0.3 is 0 Å². The quantitative estimate of drug-likeness (QED) is 0.420. The van der Waals surface area contributed by atoms with Crippen LogP contribution >= 0.6 is 0 Å². The molecule has 0 bridgehead atoms. The highest BCUT2D eigenvalue weighted by molar-refractivity contribution is 5.98. The summed E-state index contributed by atoms with van der Waals surface area (Å²) in [6, 6.07) is 5.45. The fourth-order valence-electron chi connectivity index (χ4n) is 3.08. The van der Waals surface area contributed by atoms with E-state index < -0.39 is 30.7 Å². The molecule has 0 fully saturated rings. The van der Waals surface area contributed by atoms with Gasteiger partial charge in [-0.3, -0.25) is 4.79 Å². The Hall–Kier alpha value is -2.81. The number of hydrogen-bond acceptors (Lipinski definition) is 8. The molecule has 3 aromatic rings. The minimum Gasteiger partial charge on any atom is -0.507 e. The Labute approximate surface area is 147 Å². The Balaban J connectivity index is 2.53. The fraction of sp³-hybridized carbons (Fsp3) is 0.278. The number of methoxy groups -OCH3 is 1. The second-order valence-electron chi connectivity index (χ2n) is 5.84. The third-order valence-electron chi connectivity index (χ3n) is 4.37. The van der Waals surface area contributed by atoms with Crippen molar-refractivity contribution < 1.29 is 34.7 Å². The summed E-state index contributed by atoms with van der Waals surface area (Å²) in [5, 5.41) is 49.2. The van der Waals surface area contributed by atoms with Gasteiger partial charge in [-0.25, -0.2) is 0 Å². The van der Waals surface area contributed by atoms with E-state index in [1.165, 1.54) is 25.3 Å². The SMILES string of the molecule is COc1cc(O)c([C@@H](CO)[C@@H](O)CO)c2oc3cccc(O)c3c(=O)c12. The second-order valence-corrected chi connectivity index (χ2v) is 5.84. The van der Waals surface area contributed by atoms with Gasteiger partial charge in [0.25, 0.3) is 0 Å². The monoisotopic (exact) mass is 362 g/mol. The third-order valence-corrected chi connectivity index (χ3v) is 4.37. The standard InChI is InChI=1S/C18H18O8/c1-25-13-5-10(22)14(8(6-19)11(23)7-20)18-16(13)17(24)15-9(21)3-2-4-12(15)26-18/h2-5,8,11,19-23H,6-7H2,1H3/t8-,11-/m0/s1. The minimum atomic E-state index is -1.40. The van der Waals surface area contributed by atoms with Gasteiger partial charge in [0.2, 0.25) is 5.43 Å². The van der Waals surface area contributed by atoms with Crippen molar-refractivity contribution in [3.63, 3.8) is 0 Å². The summed E-state index contributed by atoms with van der Waals surface area (Å²) >= 11 is 0. The molecule has 5 N–H and O–H groups in total. The molecular formula is C18H18O8. The molecule has 0 amide bonds. The minimum absolute atomic E-state index is 0.00957. The Morgan fingerprint density at radius 3 is 2.46 bits per heavy atom. The van der Waals surface area contributed by atoms with E-state index in [-0.39, 0.29) is 44.8 Å². The van der Waals surface area contributed by atoms with Crippen LogP contribution in [-0.4, -0.2) is 52.0 Å². The van der Waals surface area contributed by atoms with Crippen LogP contribution in [0, 0.1) is 0 Å². The first kappa shape index (κ1) is 18.0. The van der Waals surface area contributed by atoms with Gasteiger partial charge in [-0.15, -0.1) is 0 Å². The zero-order valence-corrected chi connectivity index (χ0v) is 13.8. The van der Waals surface area contributed by atoms with Crippen LogP contribution in [0.4, 0.5) is 0 Å². The molecule has 26 heavy (non-hydrogen) atoms. The van der Waals surface area contributed by atoms with Crippen LogP contribution in [0.3, 0.4) is 0 Å². The second kappa shape index (κ2) is 6.83. The van der Waals surface area contributed by atoms with Gasteiger partial charge in [-0.2, -0.15) is 0 Å². The van der Waals surface area contributed by atoms with E-state index >= 15 is 0 Å². The largest absolute Gasteiger partial charge is 0.507 e. The Morgan fingerprint density at radius 2 is 1.85 bits per heavy atom. The number of phenols is 2. The van der Waals surface area contributed by atoms with Crippen molar-refractivity contribution in [2.45, 2.75) is 12.0 Å². The Bertz CT molecular complexity index is 1020. The maximum Gasteiger partial charge on any atom is 0.208 e. The number of aliphatic hydroxyl groups is 3. The molecule has 2 atom stereocenters. The molecule has 0 aliphatic rings. The van der Waals surface area contributed by atoms with Crippen LogP contribution in [0.15, 0.2) is 33.5 Å². The van der Waals surface area contributed by atoms with Crippen molar-refractivity contribution >= 4 is 21.9 Å². The van der Waals surface area contributed by atoms with Gasteiger partial charge in [-0.05, 0) is 12.1 Å². The lowest BCUT2D eigenvalue weighted by Crippen LogP contribution is -2.26. The molecule has 0 radical (unpaired) electrons. The van der Waals surface area contributed by atoms with E-state index in [4.69, 9.17) is 9.15 Å². The van der Waals surface area contributed by atoms with Crippen molar-refractivity contribution in [2.75, 3.05) is 20.3 Å². The summed E-state index contributed by atoms with van der Waals surface area (Å²) < 4.78 is 10.9. The van der Waals surface area contributed by atoms with Crippen molar-refractivity contribution in [3.8, 4) is 17.2 Å². The molecule has 0 aliphatic carbocycles. The smallest absolute Gasteiger partial charge is 0.208 e. The predicted molar refractivity (Wildman–Crippen MR) is 92.8 cm³/mol. The predicted octanol–water partition coefficient (Wildman–Crippen LogP) is 0.795. The molecule has 1 aromatic heterocycles. The number of aliphatic hydroxyl groups excluding tert-OH is 3. The molecule has 1 heterocycles. The van der Waals surface area contributed by atoms with Crippen LogP contribution in [0.2, 0.25) is 0 Å². The van der Waals surface area contributed by atoms with E-state index in [1.54, 1.807) is 0 Å². The average molecular weight is 362 g/mol. The lowest BCUT2D eigenvalue weighted by Gasteiger charge is -2.22. The lowest BCUT2D eigenvalue weighted by atomic mass is 9.91. The number of hydrogen-bond donors (Lipinski definition) is 5. The Kier molecular flexibility index (Phi) is 4.73. The summed E-state index contributed by atoms with van der Waals surface area (Å²) in [5.41, 5.74) is -0.664. The van der Waals surface area contributed by atoms with Crippen molar-refractivity contribution in [3.05, 3.63) is 40.1 Å². The number of rotatable bonds is 5. The number of phenolic OH excluding ortho intramolecular Hbond substituents is 2. The summed E-state index contributed by atoms with van der Waals surface area (Å²) in [6.45, 7) is -1.28. The molecule has 0 saturated heterocycles. The normalized spacial score (nSPS) is 13.8. The molecule has 8 heteroatoms. The first-order valence-corrected chi connectivity index (χ1v) is 7.82. The molecule has 0 unspecified atom stereocenters. The van der Waals surface area contributed by atoms with Crippen LogP contribution < -0.4 is 10.2 Å². The first-order valence-electron chi connectivity index (χ1n) is 7.82. The molecule has 0 saturated carbocycles. The van der Waals surface area contributed by atoms with Crippen molar-refractivity contribution in [1.29, 1.82) is 0 Å². The van der Waals surface area contributed by atoms with Gasteiger partial charge in [0.05, 0.1) is 26.4 Å². The average Bonchev–Trinajstić information content (AvgIpc) is 2.63. The van der Waals surface area contributed by atoms with Crippen molar-refractivity contribution in [1.82, 2.24) is 0 Å². The van der Waals surface area contributed by atoms with Gasteiger partial charge in [0.1, 0.15) is 39.2 Å². The van der Waals surface area contributed by atoms with E-state index in [0.29, 0.717) is 0 Å². The summed E-state index contributed by atoms with van der Waals surface area (Å²) in [4.78, 5) is 12.9. The Morgan fingerprint density at radius 1 is 1.12 bits per heavy atom.